The van der Waals surface area contributed by atoms with Gasteiger partial charge in [-0.2, -0.15) is 0 Å². The first kappa shape index (κ1) is 37.0. The summed E-state index contributed by atoms with van der Waals surface area (Å²) in [5.41, 5.74) is 7.55. The van der Waals surface area contributed by atoms with Gasteiger partial charge >= 0.3 is 0 Å². The summed E-state index contributed by atoms with van der Waals surface area (Å²) < 4.78 is 25.6. The minimum absolute atomic E-state index is 0. The summed E-state index contributed by atoms with van der Waals surface area (Å²) in [6.45, 7) is 13.3. The van der Waals surface area contributed by atoms with E-state index in [-0.39, 0.29) is 42.6 Å². The number of aromatic nitrogens is 4. The number of pyridine rings is 4. The molecule has 0 unspecified atom stereocenters. The number of benzene rings is 2. The van der Waals surface area contributed by atoms with Crippen LogP contribution in [0.25, 0.3) is 33.9 Å². The molecule has 0 saturated heterocycles. The summed E-state index contributed by atoms with van der Waals surface area (Å²) in [5, 5.41) is 0. The second kappa shape index (κ2) is 16.9. The maximum absolute atomic E-state index is 12.8. The fourth-order valence-electron chi connectivity index (χ4n) is 4.28. The van der Waals surface area contributed by atoms with Gasteiger partial charge in [0.2, 0.25) is 0 Å². The van der Waals surface area contributed by atoms with E-state index in [0.29, 0.717) is 11.4 Å². The van der Waals surface area contributed by atoms with Gasteiger partial charge in [0.15, 0.2) is 0 Å². The molecule has 6 rings (SSSR count). The Morgan fingerprint density at radius 3 is 1.15 bits per heavy atom. The zero-order valence-corrected chi connectivity index (χ0v) is 29.8. The fourth-order valence-corrected chi connectivity index (χ4v) is 4.28. The van der Waals surface area contributed by atoms with Crippen LogP contribution in [0.5, 0.6) is 0 Å². The smallest absolute Gasteiger partial charge is 0.117 e. The van der Waals surface area contributed by atoms with Crippen molar-refractivity contribution < 1.29 is 28.9 Å². The normalized spacial score (nSPS) is 10.8. The van der Waals surface area contributed by atoms with Gasteiger partial charge in [-0.15, -0.1) is 71.8 Å². The molecule has 4 aromatic heterocycles. The number of halogens is 2. The van der Waals surface area contributed by atoms with Crippen LogP contribution in [0.1, 0.15) is 52.7 Å². The van der Waals surface area contributed by atoms with Gasteiger partial charge in [0, 0.05) is 44.9 Å². The Morgan fingerprint density at radius 2 is 0.830 bits per heavy atom. The van der Waals surface area contributed by atoms with E-state index in [0.717, 1.165) is 22.5 Å². The molecule has 6 aromatic rings. The molecule has 4 heterocycles. The summed E-state index contributed by atoms with van der Waals surface area (Å²) in [6, 6.07) is 34.6. The van der Waals surface area contributed by atoms with Crippen molar-refractivity contribution in [2.75, 3.05) is 0 Å². The molecule has 0 saturated carbocycles. The second-order valence-electron chi connectivity index (χ2n) is 12.6. The molecule has 0 N–H and O–H groups in total. The van der Waals surface area contributed by atoms with Crippen LogP contribution < -0.4 is 0 Å². The molecule has 0 aliphatic rings. The van der Waals surface area contributed by atoms with Crippen molar-refractivity contribution in [3.63, 3.8) is 0 Å². The Balaban J connectivity index is 0.000000196. The molecule has 0 fully saturated rings. The van der Waals surface area contributed by atoms with E-state index >= 15 is 0 Å². The van der Waals surface area contributed by atoms with Crippen molar-refractivity contribution in [1.82, 2.24) is 19.9 Å². The van der Waals surface area contributed by atoms with Gasteiger partial charge in [-0.05, 0) is 81.9 Å². The first-order valence-corrected chi connectivity index (χ1v) is 15.0. The van der Waals surface area contributed by atoms with E-state index in [1.165, 1.54) is 47.8 Å². The number of hydrogen-bond donors (Lipinski definition) is 0. The molecule has 1 radical (unpaired) electrons. The van der Waals surface area contributed by atoms with Gasteiger partial charge in [-0.25, -0.2) is 8.78 Å². The molecule has 0 aliphatic heterocycles. The summed E-state index contributed by atoms with van der Waals surface area (Å²) in [4.78, 5) is 17.0. The van der Waals surface area contributed by atoms with Crippen LogP contribution >= 0.6 is 0 Å². The monoisotopic (exact) mass is 805 g/mol. The van der Waals surface area contributed by atoms with Crippen LogP contribution in [-0.4, -0.2) is 19.9 Å². The standard InChI is InChI=1S/C18H24N2.2C11H7FN.Ir/c1-17(2,3)13-7-9-19-15(11-13)16-12-14(8-10-20-16)18(4,5)6;2*12-10-6-7-13-11(8-10)9-4-2-1-3-5-9;/h7-12H,1-6H3;2*1-4,6-8H;/q;2*-1;. The Bertz CT molecular complexity index is 1700. The van der Waals surface area contributed by atoms with Crippen LogP contribution in [0, 0.1) is 23.8 Å². The average Bonchev–Trinajstić information content (AvgIpc) is 3.06. The zero-order chi connectivity index (χ0) is 33.2. The van der Waals surface area contributed by atoms with E-state index in [4.69, 9.17) is 0 Å². The molecular formula is C40H38F2IrN4-2. The van der Waals surface area contributed by atoms with Crippen LogP contribution in [0.4, 0.5) is 8.78 Å². The zero-order valence-electron chi connectivity index (χ0n) is 27.4. The molecule has 2 aromatic carbocycles. The van der Waals surface area contributed by atoms with Crippen molar-refractivity contribution in [2.45, 2.75) is 52.4 Å². The third-order valence-electron chi connectivity index (χ3n) is 6.93. The largest absolute Gasteiger partial charge is 0.305 e. The summed E-state index contributed by atoms with van der Waals surface area (Å²) in [5.74, 6) is -0.551. The Kier molecular flexibility index (Phi) is 13.3. The van der Waals surface area contributed by atoms with Gasteiger partial charge in [0.05, 0.1) is 11.4 Å². The third kappa shape index (κ3) is 11.4. The molecule has 7 heteroatoms. The first-order valence-electron chi connectivity index (χ1n) is 15.0. The Labute approximate surface area is 290 Å². The van der Waals surface area contributed by atoms with E-state index in [1.54, 1.807) is 12.1 Å². The summed E-state index contributed by atoms with van der Waals surface area (Å²) >= 11 is 0. The first-order chi connectivity index (χ1) is 21.9. The van der Waals surface area contributed by atoms with Crippen LogP contribution in [0.2, 0.25) is 0 Å². The molecule has 0 bridgehead atoms. The van der Waals surface area contributed by atoms with Gasteiger partial charge in [-0.3, -0.25) is 9.97 Å². The van der Waals surface area contributed by atoms with Gasteiger partial charge in [0.25, 0.3) is 0 Å². The number of hydrogen-bond acceptors (Lipinski definition) is 4. The molecular weight excluding hydrogens is 767 g/mol. The number of nitrogens with zero attached hydrogens (tertiary/aromatic N) is 4. The molecule has 0 atom stereocenters. The van der Waals surface area contributed by atoms with Gasteiger partial charge < -0.3 is 9.97 Å². The average molecular weight is 805 g/mol. The molecule has 0 amide bonds. The quantitative estimate of drug-likeness (QED) is 0.167. The summed E-state index contributed by atoms with van der Waals surface area (Å²) in [6.07, 6.45) is 6.65. The van der Waals surface area contributed by atoms with Crippen molar-refractivity contribution in [3.05, 3.63) is 157 Å². The minimum Gasteiger partial charge on any atom is -0.305 e. The molecule has 0 spiro atoms. The van der Waals surface area contributed by atoms with Crippen LogP contribution in [0.3, 0.4) is 0 Å². The minimum atomic E-state index is -0.276. The number of rotatable bonds is 3. The van der Waals surface area contributed by atoms with E-state index in [1.807, 2.05) is 48.8 Å². The third-order valence-corrected chi connectivity index (χ3v) is 6.93. The van der Waals surface area contributed by atoms with Crippen molar-refractivity contribution >= 4 is 0 Å². The second-order valence-corrected chi connectivity index (χ2v) is 12.6. The van der Waals surface area contributed by atoms with Gasteiger partial charge in [-0.1, -0.05) is 41.5 Å². The SMILES string of the molecule is CC(C)(C)c1ccnc(-c2cc(C(C)(C)C)ccn2)c1.Fc1ccnc(-c2[c-]cccc2)c1.Fc1ccnc(-c2[c-]cccc2)c1.[Ir]. The van der Waals surface area contributed by atoms with E-state index in [9.17, 15) is 8.78 Å². The maximum Gasteiger partial charge on any atom is 0.117 e. The fraction of sp³-hybridized carbons (Fsp3) is 0.200. The van der Waals surface area contributed by atoms with Crippen LogP contribution in [0.15, 0.2) is 122 Å². The molecule has 47 heavy (non-hydrogen) atoms. The summed E-state index contributed by atoms with van der Waals surface area (Å²) in [7, 11) is 0. The Hall–Kier alpha value is -4.45. The predicted octanol–water partition coefficient (Wildman–Crippen LogP) is 10.1. The van der Waals surface area contributed by atoms with Crippen molar-refractivity contribution in [2.24, 2.45) is 0 Å². The molecule has 4 nitrogen and oxygen atoms in total. The van der Waals surface area contributed by atoms with Gasteiger partial charge in [0.1, 0.15) is 11.6 Å². The van der Waals surface area contributed by atoms with E-state index < -0.39 is 0 Å². The van der Waals surface area contributed by atoms with E-state index in [2.05, 4.69) is 97.9 Å². The van der Waals surface area contributed by atoms with Crippen molar-refractivity contribution in [3.8, 4) is 33.9 Å². The van der Waals surface area contributed by atoms with Crippen molar-refractivity contribution in [1.29, 1.82) is 0 Å². The topological polar surface area (TPSA) is 51.6 Å². The Morgan fingerprint density at radius 1 is 0.468 bits per heavy atom. The predicted molar refractivity (Wildman–Crippen MR) is 182 cm³/mol. The maximum atomic E-state index is 12.8. The molecule has 243 valence electrons. The molecule has 0 aliphatic carbocycles. The van der Waals surface area contributed by atoms with Crippen LogP contribution in [-0.2, 0) is 30.9 Å².